The highest BCUT2D eigenvalue weighted by Gasteiger charge is 2.23. The molecule has 0 radical (unpaired) electrons. The second-order valence-corrected chi connectivity index (χ2v) is 7.56. The van der Waals surface area contributed by atoms with E-state index in [1.807, 2.05) is 18.2 Å². The fourth-order valence-corrected chi connectivity index (χ4v) is 3.77. The van der Waals surface area contributed by atoms with Gasteiger partial charge in [-0.25, -0.2) is 5.43 Å². The molecule has 1 aromatic carbocycles. The molecule has 148 valence electrons. The van der Waals surface area contributed by atoms with E-state index in [9.17, 15) is 4.79 Å². The molecule has 0 aliphatic carbocycles. The molecular formula is C22H27ClN4O. The number of likely N-dealkylation sites (tertiary alicyclic amines) is 1. The number of nitrogens with one attached hydrogen (secondary N) is 1. The molecule has 1 N–H and O–H groups in total. The normalized spacial score (nSPS) is 16.1. The Kier molecular flexibility index (Phi) is 7.57. The lowest BCUT2D eigenvalue weighted by Gasteiger charge is -2.32. The summed E-state index contributed by atoms with van der Waals surface area (Å²) in [5.74, 6) is 0.150. The van der Waals surface area contributed by atoms with E-state index in [-0.39, 0.29) is 5.91 Å². The third-order valence-corrected chi connectivity index (χ3v) is 5.48. The van der Waals surface area contributed by atoms with Crippen LogP contribution in [0.1, 0.15) is 48.7 Å². The molecule has 1 aliphatic rings. The van der Waals surface area contributed by atoms with E-state index in [2.05, 4.69) is 33.4 Å². The highest BCUT2D eigenvalue weighted by atomic mass is 35.5. The van der Waals surface area contributed by atoms with Crippen molar-refractivity contribution in [1.82, 2.24) is 15.3 Å². The van der Waals surface area contributed by atoms with E-state index >= 15 is 0 Å². The van der Waals surface area contributed by atoms with Crippen LogP contribution in [-0.2, 0) is 6.54 Å². The zero-order valence-corrected chi connectivity index (χ0v) is 17.0. The summed E-state index contributed by atoms with van der Waals surface area (Å²) in [6.07, 6.45) is 5.61. The summed E-state index contributed by atoms with van der Waals surface area (Å²) in [5, 5.41) is 5.30. The van der Waals surface area contributed by atoms with Gasteiger partial charge in [-0.3, -0.25) is 14.7 Å². The molecule has 2 aromatic rings. The quantitative estimate of drug-likeness (QED) is 0.550. The van der Waals surface area contributed by atoms with E-state index in [0.717, 1.165) is 56.1 Å². The molecule has 5 nitrogen and oxygen atoms in total. The van der Waals surface area contributed by atoms with Gasteiger partial charge in [0.1, 0.15) is 5.69 Å². The van der Waals surface area contributed by atoms with Gasteiger partial charge >= 0.3 is 0 Å². The summed E-state index contributed by atoms with van der Waals surface area (Å²) < 4.78 is 0. The smallest absolute Gasteiger partial charge is 0.289 e. The SMILES string of the molecule is CCC/C(=N\NC(=O)c1ccccn1)C1CCN(Cc2ccccc2Cl)CC1. The Hall–Kier alpha value is -2.24. The number of carbonyl (C=O) groups excluding carboxylic acids is 1. The molecule has 0 unspecified atom stereocenters. The number of hydrogen-bond acceptors (Lipinski definition) is 4. The van der Waals surface area contributed by atoms with E-state index < -0.39 is 0 Å². The number of benzene rings is 1. The molecule has 0 spiro atoms. The van der Waals surface area contributed by atoms with Crippen LogP contribution in [0.15, 0.2) is 53.8 Å². The van der Waals surface area contributed by atoms with Crippen LogP contribution >= 0.6 is 11.6 Å². The van der Waals surface area contributed by atoms with E-state index in [0.29, 0.717) is 11.6 Å². The Morgan fingerprint density at radius 2 is 1.96 bits per heavy atom. The van der Waals surface area contributed by atoms with E-state index in [1.165, 1.54) is 5.56 Å². The molecule has 1 aliphatic heterocycles. The van der Waals surface area contributed by atoms with Gasteiger partial charge in [-0.2, -0.15) is 5.10 Å². The van der Waals surface area contributed by atoms with Crippen LogP contribution in [0, 0.1) is 5.92 Å². The van der Waals surface area contributed by atoms with Crippen molar-refractivity contribution in [2.75, 3.05) is 13.1 Å². The van der Waals surface area contributed by atoms with Crippen molar-refractivity contribution >= 4 is 23.2 Å². The molecule has 28 heavy (non-hydrogen) atoms. The number of hydrazone groups is 1. The highest BCUT2D eigenvalue weighted by Crippen LogP contribution is 2.24. The van der Waals surface area contributed by atoms with Gasteiger partial charge in [0.15, 0.2) is 0 Å². The molecule has 1 aromatic heterocycles. The first-order chi connectivity index (χ1) is 13.7. The maximum Gasteiger partial charge on any atom is 0.289 e. The lowest BCUT2D eigenvalue weighted by molar-refractivity contribution is 0.0949. The average molecular weight is 399 g/mol. The van der Waals surface area contributed by atoms with Gasteiger partial charge in [-0.15, -0.1) is 0 Å². The predicted molar refractivity (Wildman–Crippen MR) is 113 cm³/mol. The van der Waals surface area contributed by atoms with Crippen molar-refractivity contribution in [3.05, 3.63) is 64.9 Å². The average Bonchev–Trinajstić information content (AvgIpc) is 2.74. The summed E-state index contributed by atoms with van der Waals surface area (Å²) in [6.45, 7) is 5.03. The predicted octanol–water partition coefficient (Wildman–Crippen LogP) is 4.53. The van der Waals surface area contributed by atoms with Gasteiger partial charge in [0, 0.05) is 29.4 Å². The van der Waals surface area contributed by atoms with E-state index in [1.54, 1.807) is 24.4 Å². The van der Waals surface area contributed by atoms with Crippen molar-refractivity contribution in [2.24, 2.45) is 11.0 Å². The summed E-state index contributed by atoms with van der Waals surface area (Å²) in [5.41, 5.74) is 5.34. The third-order valence-electron chi connectivity index (χ3n) is 5.12. The van der Waals surface area contributed by atoms with Crippen molar-refractivity contribution < 1.29 is 4.79 Å². The van der Waals surface area contributed by atoms with Crippen LogP contribution in [0.25, 0.3) is 0 Å². The number of hydrogen-bond donors (Lipinski definition) is 1. The number of rotatable bonds is 7. The van der Waals surface area contributed by atoms with Crippen molar-refractivity contribution in [1.29, 1.82) is 0 Å². The van der Waals surface area contributed by atoms with Crippen LogP contribution in [0.3, 0.4) is 0 Å². The van der Waals surface area contributed by atoms with Crippen LogP contribution in [-0.4, -0.2) is 34.6 Å². The monoisotopic (exact) mass is 398 g/mol. The minimum absolute atomic E-state index is 0.259. The summed E-state index contributed by atoms with van der Waals surface area (Å²) in [7, 11) is 0. The summed E-state index contributed by atoms with van der Waals surface area (Å²) in [6, 6.07) is 13.3. The Balaban J connectivity index is 1.56. The summed E-state index contributed by atoms with van der Waals surface area (Å²) in [4.78, 5) is 18.7. The Bertz CT molecular complexity index is 801. The molecule has 0 atom stereocenters. The van der Waals surface area contributed by atoms with E-state index in [4.69, 9.17) is 11.6 Å². The van der Waals surface area contributed by atoms with Crippen LogP contribution in [0.5, 0.6) is 0 Å². The standard InChI is InChI=1S/C22H27ClN4O/c1-2-7-20(25-26-22(28)21-10-5-6-13-24-21)17-11-14-27(15-12-17)16-18-8-3-4-9-19(18)23/h3-6,8-10,13,17H,2,7,11-12,14-16H2,1H3,(H,26,28)/b25-20+. The number of halogens is 1. The van der Waals surface area contributed by atoms with Gasteiger partial charge in [0.2, 0.25) is 0 Å². The van der Waals surface area contributed by atoms with Gasteiger partial charge in [-0.05, 0) is 56.1 Å². The van der Waals surface area contributed by atoms with Gasteiger partial charge in [0.25, 0.3) is 5.91 Å². The molecule has 1 saturated heterocycles. The Morgan fingerprint density at radius 1 is 1.21 bits per heavy atom. The van der Waals surface area contributed by atoms with Crippen molar-refractivity contribution in [3.63, 3.8) is 0 Å². The summed E-state index contributed by atoms with van der Waals surface area (Å²) >= 11 is 6.29. The van der Waals surface area contributed by atoms with Crippen LogP contribution < -0.4 is 5.43 Å². The van der Waals surface area contributed by atoms with Crippen LogP contribution in [0.2, 0.25) is 5.02 Å². The van der Waals surface area contributed by atoms with Crippen LogP contribution in [0.4, 0.5) is 0 Å². The molecule has 0 saturated carbocycles. The maximum absolute atomic E-state index is 12.2. The highest BCUT2D eigenvalue weighted by molar-refractivity contribution is 6.31. The first-order valence-electron chi connectivity index (χ1n) is 9.91. The third kappa shape index (κ3) is 5.63. The first kappa shape index (κ1) is 20.5. The Morgan fingerprint density at radius 3 is 2.64 bits per heavy atom. The molecule has 1 amide bonds. The largest absolute Gasteiger partial charge is 0.299 e. The van der Waals surface area contributed by atoms with Gasteiger partial charge in [-0.1, -0.05) is 49.2 Å². The van der Waals surface area contributed by atoms with Crippen molar-refractivity contribution in [3.8, 4) is 0 Å². The lowest BCUT2D eigenvalue weighted by atomic mass is 9.89. The number of carbonyl (C=O) groups is 1. The molecule has 2 heterocycles. The zero-order chi connectivity index (χ0) is 19.8. The number of piperidine rings is 1. The molecule has 6 heteroatoms. The van der Waals surface area contributed by atoms with Gasteiger partial charge in [0.05, 0.1) is 0 Å². The second-order valence-electron chi connectivity index (χ2n) is 7.15. The maximum atomic E-state index is 12.2. The number of aromatic nitrogens is 1. The fourth-order valence-electron chi connectivity index (χ4n) is 3.58. The lowest BCUT2D eigenvalue weighted by Crippen LogP contribution is -2.36. The van der Waals surface area contributed by atoms with Gasteiger partial charge < -0.3 is 0 Å². The first-order valence-corrected chi connectivity index (χ1v) is 10.3. The number of pyridine rings is 1. The Labute approximate surface area is 171 Å². The molecule has 3 rings (SSSR count). The fraction of sp³-hybridized carbons (Fsp3) is 0.409. The molecule has 1 fully saturated rings. The zero-order valence-electron chi connectivity index (χ0n) is 16.3. The number of amides is 1. The molecule has 0 bridgehead atoms. The second kappa shape index (κ2) is 10.3. The topological polar surface area (TPSA) is 57.6 Å². The number of nitrogens with zero attached hydrogens (tertiary/aromatic N) is 3. The molecular weight excluding hydrogens is 372 g/mol. The minimum atomic E-state index is -0.259. The van der Waals surface area contributed by atoms with Crippen molar-refractivity contribution in [2.45, 2.75) is 39.2 Å². The minimum Gasteiger partial charge on any atom is -0.299 e.